The molecule has 0 aromatic heterocycles. The van der Waals surface area contributed by atoms with Crippen molar-refractivity contribution in [1.82, 2.24) is 5.32 Å². The van der Waals surface area contributed by atoms with Crippen LogP contribution in [0.15, 0.2) is 27.1 Å². The lowest BCUT2D eigenvalue weighted by molar-refractivity contribution is -0.115. The van der Waals surface area contributed by atoms with Crippen molar-refractivity contribution in [3.63, 3.8) is 0 Å². The van der Waals surface area contributed by atoms with E-state index in [-0.39, 0.29) is 5.91 Å². The molecule has 0 atom stereocenters. The van der Waals surface area contributed by atoms with Gasteiger partial charge < -0.3 is 5.32 Å². The lowest BCUT2D eigenvalue weighted by Crippen LogP contribution is -2.20. The molecule has 1 N–H and O–H groups in total. The number of nitrogens with one attached hydrogen (secondary N) is 1. The monoisotopic (exact) mass is 329 g/mol. The van der Waals surface area contributed by atoms with Gasteiger partial charge in [-0.2, -0.15) is 0 Å². The minimum absolute atomic E-state index is 0.260. The van der Waals surface area contributed by atoms with E-state index in [1.54, 1.807) is 6.92 Å². The van der Waals surface area contributed by atoms with Crippen molar-refractivity contribution < 1.29 is 4.79 Å². The summed E-state index contributed by atoms with van der Waals surface area (Å²) >= 11 is 6.78. The van der Waals surface area contributed by atoms with Crippen LogP contribution in [0, 0.1) is 11.8 Å². The predicted molar refractivity (Wildman–Crippen MR) is 67.1 cm³/mol. The molecular formula is C11H9Br2NO. The van der Waals surface area contributed by atoms with Gasteiger partial charge in [0.25, 0.3) is 5.91 Å². The molecule has 1 amide bonds. The van der Waals surface area contributed by atoms with Crippen LogP contribution in [0.25, 0.3) is 0 Å². The van der Waals surface area contributed by atoms with Crippen LogP contribution in [0.1, 0.15) is 12.5 Å². The molecule has 1 aromatic carbocycles. The Labute approximate surface area is 106 Å². The largest absolute Gasteiger partial charge is 0.341 e. The Morgan fingerprint density at radius 1 is 1.47 bits per heavy atom. The summed E-state index contributed by atoms with van der Waals surface area (Å²) in [6, 6.07) is 5.81. The number of carbonyl (C=O) groups is 1. The van der Waals surface area contributed by atoms with Gasteiger partial charge in [0.2, 0.25) is 0 Å². The normalized spacial score (nSPS) is 9.00. The Balaban J connectivity index is 2.67. The average molecular weight is 331 g/mol. The second-order valence-electron chi connectivity index (χ2n) is 2.79. The molecule has 0 saturated heterocycles. The van der Waals surface area contributed by atoms with E-state index in [1.165, 1.54) is 0 Å². The highest BCUT2D eigenvalue weighted by Gasteiger charge is 2.02. The fraction of sp³-hybridized carbons (Fsp3) is 0.182. The maximum Gasteiger partial charge on any atom is 0.296 e. The Morgan fingerprint density at radius 2 is 2.20 bits per heavy atom. The van der Waals surface area contributed by atoms with E-state index in [1.807, 2.05) is 18.2 Å². The highest BCUT2D eigenvalue weighted by Crippen LogP contribution is 2.21. The van der Waals surface area contributed by atoms with Gasteiger partial charge in [0.1, 0.15) is 0 Å². The molecule has 0 saturated carbocycles. The third-order valence-electron chi connectivity index (χ3n) is 1.69. The van der Waals surface area contributed by atoms with Gasteiger partial charge in [-0.05, 0) is 36.6 Å². The van der Waals surface area contributed by atoms with E-state index < -0.39 is 0 Å². The van der Waals surface area contributed by atoms with E-state index in [9.17, 15) is 4.79 Å². The van der Waals surface area contributed by atoms with Crippen LogP contribution in [0.3, 0.4) is 0 Å². The molecule has 4 heteroatoms. The predicted octanol–water partition coefficient (Wildman–Crippen LogP) is 2.85. The zero-order valence-electron chi connectivity index (χ0n) is 8.10. The standard InChI is InChI=1S/C11H9Br2NO/c1-2-3-11(15)14-7-8-6-9(12)4-5-10(8)13/h4-6H,7H2,1H3,(H,14,15). The lowest BCUT2D eigenvalue weighted by atomic mass is 10.2. The summed E-state index contributed by atoms with van der Waals surface area (Å²) in [7, 11) is 0. The molecular weight excluding hydrogens is 322 g/mol. The zero-order valence-corrected chi connectivity index (χ0v) is 11.3. The molecule has 0 fully saturated rings. The van der Waals surface area contributed by atoms with Gasteiger partial charge in [-0.3, -0.25) is 4.79 Å². The number of rotatable bonds is 2. The Hall–Kier alpha value is -0.790. The average Bonchev–Trinajstić information content (AvgIpc) is 2.20. The molecule has 0 spiro atoms. The highest BCUT2D eigenvalue weighted by atomic mass is 79.9. The molecule has 0 radical (unpaired) electrons. The smallest absolute Gasteiger partial charge is 0.296 e. The minimum atomic E-state index is -0.260. The molecule has 15 heavy (non-hydrogen) atoms. The van der Waals surface area contributed by atoms with Crippen LogP contribution in [0.5, 0.6) is 0 Å². The van der Waals surface area contributed by atoms with E-state index in [4.69, 9.17) is 0 Å². The third kappa shape index (κ3) is 4.06. The van der Waals surface area contributed by atoms with Crippen molar-refractivity contribution in [1.29, 1.82) is 0 Å². The van der Waals surface area contributed by atoms with Gasteiger partial charge in [-0.15, -0.1) is 0 Å². The highest BCUT2D eigenvalue weighted by molar-refractivity contribution is 9.11. The van der Waals surface area contributed by atoms with E-state index >= 15 is 0 Å². The lowest BCUT2D eigenvalue weighted by Gasteiger charge is -2.05. The van der Waals surface area contributed by atoms with Crippen LogP contribution in [0.4, 0.5) is 0 Å². The van der Waals surface area contributed by atoms with Gasteiger partial charge in [0, 0.05) is 15.5 Å². The van der Waals surface area contributed by atoms with Crippen molar-refractivity contribution in [2.45, 2.75) is 13.5 Å². The van der Waals surface area contributed by atoms with Crippen LogP contribution in [-0.2, 0) is 11.3 Å². The van der Waals surface area contributed by atoms with Crippen LogP contribution < -0.4 is 5.32 Å². The SMILES string of the molecule is CC#CC(=O)NCc1cc(Br)ccc1Br. The summed E-state index contributed by atoms with van der Waals surface area (Å²) in [5.41, 5.74) is 1.01. The molecule has 0 aliphatic carbocycles. The number of amides is 1. The molecule has 0 bridgehead atoms. The van der Waals surface area contributed by atoms with Crippen LogP contribution in [0.2, 0.25) is 0 Å². The van der Waals surface area contributed by atoms with Gasteiger partial charge >= 0.3 is 0 Å². The maximum atomic E-state index is 11.1. The van der Waals surface area contributed by atoms with Crippen molar-refractivity contribution in [3.8, 4) is 11.8 Å². The van der Waals surface area contributed by atoms with Crippen LogP contribution in [-0.4, -0.2) is 5.91 Å². The number of hydrogen-bond acceptors (Lipinski definition) is 1. The molecule has 78 valence electrons. The molecule has 0 aliphatic rings. The van der Waals surface area contributed by atoms with Gasteiger partial charge in [0.15, 0.2) is 0 Å². The molecule has 0 unspecified atom stereocenters. The van der Waals surface area contributed by atoms with E-state index in [2.05, 4.69) is 49.0 Å². The van der Waals surface area contributed by atoms with E-state index in [0.29, 0.717) is 6.54 Å². The first-order chi connectivity index (χ1) is 7.13. The zero-order chi connectivity index (χ0) is 11.3. The van der Waals surface area contributed by atoms with Crippen molar-refractivity contribution in [3.05, 3.63) is 32.7 Å². The molecule has 0 heterocycles. The first-order valence-corrected chi connectivity index (χ1v) is 5.86. The van der Waals surface area contributed by atoms with Crippen molar-refractivity contribution in [2.24, 2.45) is 0 Å². The second-order valence-corrected chi connectivity index (χ2v) is 4.56. The maximum absolute atomic E-state index is 11.1. The quantitative estimate of drug-likeness (QED) is 0.830. The molecule has 2 nitrogen and oxygen atoms in total. The fourth-order valence-electron chi connectivity index (χ4n) is 1.01. The minimum Gasteiger partial charge on any atom is -0.341 e. The summed E-state index contributed by atoms with van der Waals surface area (Å²) in [5.74, 6) is 4.71. The fourth-order valence-corrected chi connectivity index (χ4v) is 1.81. The Bertz CT molecular complexity index is 432. The van der Waals surface area contributed by atoms with Crippen LogP contribution >= 0.6 is 31.9 Å². The number of benzene rings is 1. The first-order valence-electron chi connectivity index (χ1n) is 4.28. The van der Waals surface area contributed by atoms with Gasteiger partial charge in [0.05, 0.1) is 0 Å². The van der Waals surface area contributed by atoms with Crippen molar-refractivity contribution in [2.75, 3.05) is 0 Å². The number of carbonyl (C=O) groups excluding carboxylic acids is 1. The Kier molecular flexibility index (Phi) is 4.86. The summed E-state index contributed by atoms with van der Waals surface area (Å²) in [6.07, 6.45) is 0. The second kappa shape index (κ2) is 5.94. The summed E-state index contributed by atoms with van der Waals surface area (Å²) in [6.45, 7) is 2.10. The van der Waals surface area contributed by atoms with Gasteiger partial charge in [-0.25, -0.2) is 0 Å². The summed E-state index contributed by atoms with van der Waals surface area (Å²) < 4.78 is 1.95. The molecule has 0 aliphatic heterocycles. The summed E-state index contributed by atoms with van der Waals surface area (Å²) in [4.78, 5) is 11.1. The number of hydrogen-bond donors (Lipinski definition) is 1. The molecule has 1 aromatic rings. The Morgan fingerprint density at radius 3 is 2.87 bits per heavy atom. The summed E-state index contributed by atoms with van der Waals surface area (Å²) in [5, 5.41) is 2.70. The van der Waals surface area contributed by atoms with Gasteiger partial charge in [-0.1, -0.05) is 37.8 Å². The van der Waals surface area contributed by atoms with E-state index in [0.717, 1.165) is 14.5 Å². The van der Waals surface area contributed by atoms with Crippen molar-refractivity contribution >= 4 is 37.8 Å². The molecule has 1 rings (SSSR count). The first kappa shape index (κ1) is 12.3. The number of halogens is 2. The topological polar surface area (TPSA) is 29.1 Å². The third-order valence-corrected chi connectivity index (χ3v) is 2.95.